The van der Waals surface area contributed by atoms with Crippen LogP contribution in [-0.2, 0) is 10.8 Å². The molecule has 11 rings (SSSR count). The third-order valence-electron chi connectivity index (χ3n) is 17.0. The zero-order chi connectivity index (χ0) is 49.1. The predicted octanol–water partition coefficient (Wildman–Crippen LogP) is 22.4. The Balaban J connectivity index is 1.15. The fourth-order valence-corrected chi connectivity index (χ4v) is 16.3. The normalized spacial score (nSPS) is 14.6. The van der Waals surface area contributed by atoms with Gasteiger partial charge in [0, 0.05) is 73.7 Å². The number of thiophene rings is 2. The molecule has 9 aromatic rings. The Morgan fingerprint density at radius 3 is 1.04 bits per heavy atom. The van der Waals surface area contributed by atoms with Gasteiger partial charge in [-0.25, -0.2) is 0 Å². The van der Waals surface area contributed by atoms with Crippen molar-refractivity contribution in [2.45, 2.75) is 167 Å². The summed E-state index contributed by atoms with van der Waals surface area (Å²) < 4.78 is 5.83. The number of unbranched alkanes of at least 4 members (excludes halogenated alkanes) is 12. The smallest absolute Gasteiger partial charge is 0.0517 e. The molecule has 0 saturated heterocycles. The molecule has 7 aromatic carbocycles. The van der Waals surface area contributed by atoms with E-state index in [1.54, 1.807) is 11.1 Å². The number of nitrogens with zero attached hydrogens (tertiary/aromatic N) is 2. The molecule has 72 heavy (non-hydrogen) atoms. The quantitative estimate of drug-likeness (QED) is 0.0625. The Bertz CT molecular complexity index is 3040. The molecule has 4 heteroatoms. The van der Waals surface area contributed by atoms with Gasteiger partial charge in [0.25, 0.3) is 0 Å². The lowest BCUT2D eigenvalue weighted by Crippen LogP contribution is -2.36. The maximum atomic E-state index is 2.62. The minimum atomic E-state index is -0.0687. The third kappa shape index (κ3) is 8.57. The Morgan fingerprint density at radius 2 is 0.681 bits per heavy atom. The minimum Gasteiger partial charge on any atom is -0.310 e. The molecule has 370 valence electrons. The maximum absolute atomic E-state index is 2.62. The van der Waals surface area contributed by atoms with Crippen molar-refractivity contribution in [1.82, 2.24) is 0 Å². The summed E-state index contributed by atoms with van der Waals surface area (Å²) in [6.45, 7) is 9.41. The van der Waals surface area contributed by atoms with Crippen molar-refractivity contribution < 1.29 is 0 Å². The van der Waals surface area contributed by atoms with Crippen molar-refractivity contribution in [3.05, 3.63) is 168 Å². The van der Waals surface area contributed by atoms with E-state index < -0.39 is 0 Å². The van der Waals surface area contributed by atoms with Gasteiger partial charge in [-0.05, 0) is 97.5 Å². The first-order valence-electron chi connectivity index (χ1n) is 28.4. The highest BCUT2D eigenvalue weighted by Crippen LogP contribution is 2.62. The van der Waals surface area contributed by atoms with E-state index in [-0.39, 0.29) is 10.8 Å². The molecule has 0 saturated carbocycles. The highest BCUT2D eigenvalue weighted by molar-refractivity contribution is 7.27. The third-order valence-corrected chi connectivity index (χ3v) is 19.3. The number of anilines is 6. The summed E-state index contributed by atoms with van der Waals surface area (Å²) in [5.74, 6) is 0. The molecule has 2 aliphatic rings. The van der Waals surface area contributed by atoms with Gasteiger partial charge in [-0.3, -0.25) is 0 Å². The van der Waals surface area contributed by atoms with Crippen LogP contribution < -0.4 is 9.80 Å². The molecule has 4 heterocycles. The lowest BCUT2D eigenvalue weighted by Gasteiger charge is -2.46. The van der Waals surface area contributed by atoms with Crippen LogP contribution in [0.15, 0.2) is 146 Å². The van der Waals surface area contributed by atoms with Gasteiger partial charge in [-0.1, -0.05) is 215 Å². The van der Waals surface area contributed by atoms with E-state index in [1.807, 2.05) is 0 Å². The summed E-state index contributed by atoms with van der Waals surface area (Å²) in [5, 5.41) is 5.70. The van der Waals surface area contributed by atoms with E-state index in [1.165, 1.54) is 214 Å². The minimum absolute atomic E-state index is 0.0687. The van der Waals surface area contributed by atoms with E-state index in [9.17, 15) is 0 Å². The number of hydrogen-bond donors (Lipinski definition) is 0. The molecule has 0 N–H and O–H groups in total. The summed E-state index contributed by atoms with van der Waals surface area (Å²) in [6, 6.07) is 56.7. The van der Waals surface area contributed by atoms with Crippen LogP contribution in [0, 0.1) is 0 Å². The van der Waals surface area contributed by atoms with Crippen LogP contribution in [0.3, 0.4) is 0 Å². The van der Waals surface area contributed by atoms with Gasteiger partial charge in [0.1, 0.15) is 0 Å². The fourth-order valence-electron chi connectivity index (χ4n) is 13.5. The summed E-state index contributed by atoms with van der Waals surface area (Å²) in [4.78, 5) is 5.21. The molecule has 2 nitrogen and oxygen atoms in total. The molecule has 0 atom stereocenters. The van der Waals surface area contributed by atoms with Crippen molar-refractivity contribution in [2.24, 2.45) is 0 Å². The van der Waals surface area contributed by atoms with E-state index >= 15 is 0 Å². The molecule has 0 amide bonds. The SMILES string of the molecule is CCCCCCC1(CCCCCC)c2ccccc2N(c2ccccc2)c2ccc3c(sc4cc5c(cc43)sc3c4c(ccc35)N(c3ccccc3)c3ccccc3C4(CCCCCC)CCCCCC)c21. The van der Waals surface area contributed by atoms with Crippen molar-refractivity contribution in [3.63, 3.8) is 0 Å². The molecule has 0 aliphatic carbocycles. The first-order valence-corrected chi connectivity index (χ1v) is 30.0. The summed E-state index contributed by atoms with van der Waals surface area (Å²) in [7, 11) is 0. The van der Waals surface area contributed by atoms with Crippen molar-refractivity contribution in [1.29, 1.82) is 0 Å². The van der Waals surface area contributed by atoms with Gasteiger partial charge in [0.2, 0.25) is 0 Å². The molecular formula is C68H76N2S2. The standard InChI is InChI=1S/C68H76N2S2/c1-5-9-13-27-43-67(44-28-14-10-6-2)55-35-23-25-37-57(55)69(49-31-19-17-20-32-49)59-41-39-51-53-47-62-54(48-61(53)71-65(51)63(59)67)52-40-42-60-64(66(52)72-62)68(45-29-15-11-7-3,46-30-16-12-8-4)56-36-24-26-38-58(56)70(60)50-33-21-18-22-34-50/h17-26,31-42,47-48H,5-16,27-30,43-46H2,1-4H3. The number of hydrogen-bond acceptors (Lipinski definition) is 4. The number of para-hydroxylation sites is 4. The molecule has 0 radical (unpaired) electrons. The van der Waals surface area contributed by atoms with E-state index in [2.05, 4.69) is 206 Å². The van der Waals surface area contributed by atoms with Crippen LogP contribution in [-0.4, -0.2) is 0 Å². The van der Waals surface area contributed by atoms with Gasteiger partial charge in [-0.15, -0.1) is 22.7 Å². The number of fused-ring (bicyclic) bond motifs is 12. The first kappa shape index (κ1) is 48.8. The summed E-state index contributed by atoms with van der Waals surface area (Å²) in [5.41, 5.74) is 14.0. The number of benzene rings is 7. The highest BCUT2D eigenvalue weighted by Gasteiger charge is 2.46. The predicted molar refractivity (Wildman–Crippen MR) is 318 cm³/mol. The molecule has 0 fully saturated rings. The molecule has 2 aromatic heterocycles. The lowest BCUT2D eigenvalue weighted by molar-refractivity contribution is 0.394. The molecular weight excluding hydrogens is 909 g/mol. The topological polar surface area (TPSA) is 6.48 Å². The zero-order valence-corrected chi connectivity index (χ0v) is 45.3. The second kappa shape index (κ2) is 21.6. The Labute approximate surface area is 439 Å². The second-order valence-corrected chi connectivity index (χ2v) is 23.6. The van der Waals surface area contributed by atoms with Gasteiger partial charge >= 0.3 is 0 Å². The molecule has 0 unspecified atom stereocenters. The average molecular weight is 986 g/mol. The molecule has 2 aliphatic heterocycles. The van der Waals surface area contributed by atoms with Crippen LogP contribution in [0.2, 0.25) is 0 Å². The average Bonchev–Trinajstić information content (AvgIpc) is 3.98. The summed E-state index contributed by atoms with van der Waals surface area (Å²) in [6.07, 6.45) is 25.1. The van der Waals surface area contributed by atoms with Gasteiger partial charge < -0.3 is 9.80 Å². The monoisotopic (exact) mass is 985 g/mol. The van der Waals surface area contributed by atoms with Crippen LogP contribution in [0.25, 0.3) is 40.3 Å². The molecule has 0 bridgehead atoms. The zero-order valence-electron chi connectivity index (χ0n) is 43.7. The van der Waals surface area contributed by atoms with Gasteiger partial charge in [-0.2, -0.15) is 0 Å². The Hall–Kier alpha value is -5.42. The van der Waals surface area contributed by atoms with Gasteiger partial charge in [0.15, 0.2) is 0 Å². The van der Waals surface area contributed by atoms with Crippen LogP contribution in [0.4, 0.5) is 34.1 Å². The van der Waals surface area contributed by atoms with E-state index in [0.29, 0.717) is 0 Å². The Morgan fingerprint density at radius 1 is 0.333 bits per heavy atom. The number of rotatable bonds is 22. The first-order chi connectivity index (χ1) is 35.6. The lowest BCUT2D eigenvalue weighted by atomic mass is 9.64. The maximum Gasteiger partial charge on any atom is 0.0517 e. The fraction of sp³-hybridized carbons (Fsp3) is 0.382. The molecule has 0 spiro atoms. The van der Waals surface area contributed by atoms with Crippen molar-refractivity contribution in [3.8, 4) is 0 Å². The van der Waals surface area contributed by atoms with Crippen LogP contribution in [0.5, 0.6) is 0 Å². The Kier molecular flexibility index (Phi) is 14.6. The van der Waals surface area contributed by atoms with Crippen molar-refractivity contribution >= 4 is 97.1 Å². The summed E-state index contributed by atoms with van der Waals surface area (Å²) >= 11 is 4.17. The van der Waals surface area contributed by atoms with Gasteiger partial charge in [0.05, 0.1) is 22.7 Å². The second-order valence-electron chi connectivity index (χ2n) is 21.5. The highest BCUT2D eigenvalue weighted by atomic mass is 32.1. The van der Waals surface area contributed by atoms with Crippen LogP contribution in [0.1, 0.15) is 178 Å². The van der Waals surface area contributed by atoms with Crippen molar-refractivity contribution in [2.75, 3.05) is 9.80 Å². The van der Waals surface area contributed by atoms with Crippen LogP contribution >= 0.6 is 22.7 Å². The van der Waals surface area contributed by atoms with E-state index in [0.717, 1.165) is 0 Å². The largest absolute Gasteiger partial charge is 0.310 e. The van der Waals surface area contributed by atoms with E-state index in [4.69, 9.17) is 0 Å².